The van der Waals surface area contributed by atoms with Crippen molar-refractivity contribution < 1.29 is 27.1 Å². The third-order valence-corrected chi connectivity index (χ3v) is 3.50. The lowest BCUT2D eigenvalue weighted by atomic mass is 10.1. The third kappa shape index (κ3) is 3.80. The molecule has 0 aliphatic carbocycles. The van der Waals surface area contributed by atoms with Crippen LogP contribution in [-0.2, 0) is 15.7 Å². The Bertz CT molecular complexity index is 735. The molecule has 2 heterocycles. The lowest BCUT2D eigenvalue weighted by molar-refractivity contribution is -0.156. The molecule has 24 heavy (non-hydrogen) atoms. The summed E-state index contributed by atoms with van der Waals surface area (Å²) < 4.78 is 47.8. The fraction of sp³-hybridized carbons (Fsp3) is 0.429. The van der Waals surface area contributed by atoms with Gasteiger partial charge in [-0.1, -0.05) is 0 Å². The van der Waals surface area contributed by atoms with Crippen LogP contribution in [0, 0.1) is 0 Å². The number of ether oxygens (including phenoxy) is 1. The molecular formula is C14H15ClF3N3O3. The Hall–Kier alpha value is -1.84. The average Bonchev–Trinajstić information content (AvgIpc) is 2.91. The first-order chi connectivity index (χ1) is 10.8. The number of alkyl halides is 3. The number of fused-ring (bicyclic) bond motifs is 1. The smallest absolute Gasteiger partial charge is 0.433 e. The molecule has 0 radical (unpaired) electrons. The highest BCUT2D eigenvalue weighted by Crippen LogP contribution is 2.31. The maximum absolute atomic E-state index is 12.6. The van der Waals surface area contributed by atoms with E-state index < -0.39 is 18.1 Å². The summed E-state index contributed by atoms with van der Waals surface area (Å²) in [4.78, 5) is 15.6. The number of rotatable bonds is 2. The van der Waals surface area contributed by atoms with Gasteiger partial charge in [0.25, 0.3) is 0 Å². The van der Waals surface area contributed by atoms with Crippen molar-refractivity contribution in [1.29, 1.82) is 0 Å². The SMILES string of the molecule is C[C@H]1OCCN[C@@H]1C(=O)Nc1ccc2oc(C(F)(F)F)nc2c1.Cl. The fourth-order valence-electron chi connectivity index (χ4n) is 2.37. The summed E-state index contributed by atoms with van der Waals surface area (Å²) in [7, 11) is 0. The summed E-state index contributed by atoms with van der Waals surface area (Å²) in [5.74, 6) is -1.64. The number of aromatic nitrogens is 1. The summed E-state index contributed by atoms with van der Waals surface area (Å²) in [6, 6.07) is 3.60. The Balaban J connectivity index is 0.00000208. The fourth-order valence-corrected chi connectivity index (χ4v) is 2.37. The van der Waals surface area contributed by atoms with Crippen molar-refractivity contribution in [2.75, 3.05) is 18.5 Å². The van der Waals surface area contributed by atoms with Crippen LogP contribution in [0.4, 0.5) is 18.9 Å². The number of amides is 1. The second-order valence-corrected chi connectivity index (χ2v) is 5.20. The lowest BCUT2D eigenvalue weighted by Crippen LogP contribution is -2.53. The minimum absolute atomic E-state index is 0. The Labute approximate surface area is 141 Å². The molecule has 2 atom stereocenters. The van der Waals surface area contributed by atoms with E-state index in [1.807, 2.05) is 0 Å². The van der Waals surface area contributed by atoms with Crippen LogP contribution >= 0.6 is 12.4 Å². The molecule has 1 aliphatic heterocycles. The van der Waals surface area contributed by atoms with Gasteiger partial charge in [-0.05, 0) is 25.1 Å². The van der Waals surface area contributed by atoms with Gasteiger partial charge in [0.05, 0.1) is 12.7 Å². The third-order valence-electron chi connectivity index (χ3n) is 3.50. The highest BCUT2D eigenvalue weighted by Gasteiger charge is 2.37. The predicted molar refractivity (Wildman–Crippen MR) is 82.1 cm³/mol. The molecule has 1 fully saturated rings. The number of oxazole rings is 1. The van der Waals surface area contributed by atoms with Crippen molar-refractivity contribution in [3.05, 3.63) is 24.1 Å². The molecule has 2 aromatic rings. The summed E-state index contributed by atoms with van der Waals surface area (Å²) in [6.45, 7) is 2.85. The van der Waals surface area contributed by atoms with E-state index in [-0.39, 0.29) is 35.5 Å². The number of carbonyl (C=O) groups excluding carboxylic acids is 1. The Kier molecular flexibility index (Phi) is 5.36. The van der Waals surface area contributed by atoms with Crippen LogP contribution < -0.4 is 10.6 Å². The van der Waals surface area contributed by atoms with Crippen molar-refractivity contribution in [3.8, 4) is 0 Å². The van der Waals surface area contributed by atoms with Crippen molar-refractivity contribution in [2.45, 2.75) is 25.2 Å². The number of anilines is 1. The summed E-state index contributed by atoms with van der Waals surface area (Å²) in [5, 5.41) is 5.67. The van der Waals surface area contributed by atoms with Crippen LogP contribution in [0.25, 0.3) is 11.1 Å². The Morgan fingerprint density at radius 2 is 2.17 bits per heavy atom. The molecule has 0 unspecified atom stereocenters. The van der Waals surface area contributed by atoms with E-state index in [1.54, 1.807) is 6.92 Å². The minimum Gasteiger partial charge on any atom is -0.433 e. The van der Waals surface area contributed by atoms with Crippen LogP contribution in [0.5, 0.6) is 0 Å². The largest absolute Gasteiger partial charge is 0.468 e. The van der Waals surface area contributed by atoms with Crippen LogP contribution in [0.15, 0.2) is 22.6 Å². The van der Waals surface area contributed by atoms with Gasteiger partial charge in [0, 0.05) is 12.2 Å². The number of carbonyl (C=O) groups is 1. The predicted octanol–water partition coefficient (Wildman–Crippen LogP) is 2.58. The van der Waals surface area contributed by atoms with Gasteiger partial charge in [0.1, 0.15) is 11.6 Å². The first kappa shape index (κ1) is 18.5. The quantitative estimate of drug-likeness (QED) is 0.855. The van der Waals surface area contributed by atoms with E-state index in [2.05, 4.69) is 20.0 Å². The summed E-state index contributed by atoms with van der Waals surface area (Å²) in [5.41, 5.74) is 0.364. The van der Waals surface area contributed by atoms with Gasteiger partial charge in [-0.15, -0.1) is 12.4 Å². The van der Waals surface area contributed by atoms with Gasteiger partial charge in [0.2, 0.25) is 5.91 Å². The topological polar surface area (TPSA) is 76.4 Å². The number of hydrogen-bond donors (Lipinski definition) is 2. The van der Waals surface area contributed by atoms with Gasteiger partial charge < -0.3 is 19.8 Å². The van der Waals surface area contributed by atoms with Crippen molar-refractivity contribution >= 4 is 35.1 Å². The second kappa shape index (κ2) is 6.96. The molecule has 1 saturated heterocycles. The zero-order valence-corrected chi connectivity index (χ0v) is 13.3. The zero-order chi connectivity index (χ0) is 16.6. The van der Waals surface area contributed by atoms with E-state index in [4.69, 9.17) is 4.74 Å². The highest BCUT2D eigenvalue weighted by molar-refractivity contribution is 5.96. The molecule has 132 valence electrons. The van der Waals surface area contributed by atoms with Gasteiger partial charge in [0.15, 0.2) is 5.58 Å². The maximum Gasteiger partial charge on any atom is 0.468 e. The molecule has 0 bridgehead atoms. The van der Waals surface area contributed by atoms with Gasteiger partial charge in [-0.2, -0.15) is 13.2 Å². The number of benzene rings is 1. The van der Waals surface area contributed by atoms with Crippen molar-refractivity contribution in [2.24, 2.45) is 0 Å². The molecule has 1 aromatic carbocycles. The average molecular weight is 366 g/mol. The molecule has 0 spiro atoms. The normalized spacial score (nSPS) is 21.3. The first-order valence-corrected chi connectivity index (χ1v) is 6.98. The molecule has 10 heteroatoms. The summed E-state index contributed by atoms with van der Waals surface area (Å²) >= 11 is 0. The molecule has 1 aliphatic rings. The van der Waals surface area contributed by atoms with E-state index >= 15 is 0 Å². The van der Waals surface area contributed by atoms with Crippen LogP contribution in [0.3, 0.4) is 0 Å². The zero-order valence-electron chi connectivity index (χ0n) is 12.5. The van der Waals surface area contributed by atoms with E-state index in [1.165, 1.54) is 18.2 Å². The Morgan fingerprint density at radius 3 is 2.83 bits per heavy atom. The highest BCUT2D eigenvalue weighted by atomic mass is 35.5. The lowest BCUT2D eigenvalue weighted by Gasteiger charge is -2.29. The van der Waals surface area contributed by atoms with E-state index in [0.29, 0.717) is 18.8 Å². The van der Waals surface area contributed by atoms with Crippen LogP contribution in [0.1, 0.15) is 12.8 Å². The van der Waals surface area contributed by atoms with Crippen molar-refractivity contribution in [3.63, 3.8) is 0 Å². The van der Waals surface area contributed by atoms with E-state index in [0.717, 1.165) is 0 Å². The van der Waals surface area contributed by atoms with Gasteiger partial charge in [-0.25, -0.2) is 4.98 Å². The first-order valence-electron chi connectivity index (χ1n) is 6.98. The summed E-state index contributed by atoms with van der Waals surface area (Å²) in [6.07, 6.45) is -4.95. The van der Waals surface area contributed by atoms with Crippen LogP contribution in [0.2, 0.25) is 0 Å². The van der Waals surface area contributed by atoms with Gasteiger partial charge >= 0.3 is 12.1 Å². The minimum atomic E-state index is -4.65. The molecular weight excluding hydrogens is 351 g/mol. The Morgan fingerprint density at radius 1 is 1.42 bits per heavy atom. The maximum atomic E-state index is 12.6. The number of morpholine rings is 1. The number of halogens is 4. The number of hydrogen-bond acceptors (Lipinski definition) is 5. The van der Waals surface area contributed by atoms with Gasteiger partial charge in [-0.3, -0.25) is 4.79 Å². The molecule has 1 aromatic heterocycles. The molecule has 6 nitrogen and oxygen atoms in total. The standard InChI is InChI=1S/C14H14F3N3O3.ClH/c1-7-11(18-4-5-22-7)12(21)19-8-2-3-10-9(6-8)20-13(23-10)14(15,16)17;/h2-3,6-7,11,18H,4-5H2,1H3,(H,19,21);1H/t7-,11+;/m1./s1. The number of nitrogens with one attached hydrogen (secondary N) is 2. The van der Waals surface area contributed by atoms with E-state index in [9.17, 15) is 18.0 Å². The molecule has 2 N–H and O–H groups in total. The number of nitrogens with zero attached hydrogens (tertiary/aromatic N) is 1. The van der Waals surface area contributed by atoms with Crippen LogP contribution in [-0.4, -0.2) is 36.2 Å². The molecule has 1 amide bonds. The second-order valence-electron chi connectivity index (χ2n) is 5.20. The molecule has 3 rings (SSSR count). The van der Waals surface area contributed by atoms with Crippen molar-refractivity contribution in [1.82, 2.24) is 10.3 Å². The molecule has 0 saturated carbocycles. The monoisotopic (exact) mass is 365 g/mol.